The Labute approximate surface area is 107 Å². The van der Waals surface area contributed by atoms with Gasteiger partial charge in [-0.25, -0.2) is 0 Å². The molecule has 0 aromatic heterocycles. The Balaban J connectivity index is 1.92. The fourth-order valence-corrected chi connectivity index (χ4v) is 3.57. The minimum absolute atomic E-state index is 0.583. The predicted octanol–water partition coefficient (Wildman–Crippen LogP) is 3.22. The van der Waals surface area contributed by atoms with E-state index in [1.165, 1.54) is 32.1 Å². The van der Waals surface area contributed by atoms with Crippen LogP contribution in [0.25, 0.3) is 0 Å². The zero-order valence-electron chi connectivity index (χ0n) is 11.8. The van der Waals surface area contributed by atoms with E-state index in [9.17, 15) is 0 Å². The Morgan fingerprint density at radius 1 is 1.18 bits per heavy atom. The number of hydrogen-bond donors (Lipinski definition) is 1. The highest BCUT2D eigenvalue weighted by Crippen LogP contribution is 2.41. The Kier molecular flexibility index (Phi) is 4.48. The Morgan fingerprint density at radius 3 is 2.41 bits per heavy atom. The Morgan fingerprint density at radius 2 is 1.88 bits per heavy atom. The molecule has 2 atom stereocenters. The summed E-state index contributed by atoms with van der Waals surface area (Å²) in [4.78, 5) is 0. The third-order valence-corrected chi connectivity index (χ3v) is 4.80. The van der Waals surface area contributed by atoms with Crippen molar-refractivity contribution in [1.29, 1.82) is 0 Å². The van der Waals surface area contributed by atoms with Crippen molar-refractivity contribution in [3.63, 3.8) is 0 Å². The molecule has 100 valence electrons. The van der Waals surface area contributed by atoms with Crippen LogP contribution in [0.1, 0.15) is 52.9 Å². The van der Waals surface area contributed by atoms with Crippen molar-refractivity contribution >= 4 is 0 Å². The monoisotopic (exact) mass is 239 g/mol. The van der Waals surface area contributed by atoms with Crippen molar-refractivity contribution < 1.29 is 4.74 Å². The lowest BCUT2D eigenvalue weighted by molar-refractivity contribution is 0.122. The molecule has 1 aliphatic carbocycles. The molecule has 2 heteroatoms. The van der Waals surface area contributed by atoms with E-state index in [1.54, 1.807) is 0 Å². The lowest BCUT2D eigenvalue weighted by Crippen LogP contribution is -2.44. The number of nitrogens with one attached hydrogen (secondary N) is 1. The SMILES string of the molecule is CCNC(C1CCC(C)(C)CC1)C1CCOC1. The molecule has 0 radical (unpaired) electrons. The fraction of sp³-hybridized carbons (Fsp3) is 1.00. The third kappa shape index (κ3) is 3.45. The molecule has 2 rings (SSSR count). The van der Waals surface area contributed by atoms with Crippen LogP contribution < -0.4 is 5.32 Å². The molecule has 1 saturated heterocycles. The molecule has 0 spiro atoms. The molecule has 1 heterocycles. The third-order valence-electron chi connectivity index (χ3n) is 4.80. The summed E-state index contributed by atoms with van der Waals surface area (Å²) in [5, 5.41) is 3.74. The molecule has 2 fully saturated rings. The van der Waals surface area contributed by atoms with Gasteiger partial charge in [-0.3, -0.25) is 0 Å². The largest absolute Gasteiger partial charge is 0.381 e. The van der Waals surface area contributed by atoms with Crippen LogP contribution in [0.3, 0.4) is 0 Å². The topological polar surface area (TPSA) is 21.3 Å². The first-order valence-electron chi connectivity index (χ1n) is 7.43. The van der Waals surface area contributed by atoms with Gasteiger partial charge in [0.15, 0.2) is 0 Å². The molecule has 17 heavy (non-hydrogen) atoms. The normalized spacial score (nSPS) is 31.6. The highest BCUT2D eigenvalue weighted by molar-refractivity contribution is 4.89. The van der Waals surface area contributed by atoms with E-state index in [-0.39, 0.29) is 0 Å². The van der Waals surface area contributed by atoms with E-state index < -0.39 is 0 Å². The molecular formula is C15H29NO. The average molecular weight is 239 g/mol. The van der Waals surface area contributed by atoms with Crippen LogP contribution in [-0.2, 0) is 4.74 Å². The number of hydrogen-bond acceptors (Lipinski definition) is 2. The van der Waals surface area contributed by atoms with E-state index in [2.05, 4.69) is 26.1 Å². The number of rotatable bonds is 4. The van der Waals surface area contributed by atoms with Gasteiger partial charge in [0.1, 0.15) is 0 Å². The first kappa shape index (κ1) is 13.4. The molecular weight excluding hydrogens is 210 g/mol. The molecule has 2 aliphatic rings. The van der Waals surface area contributed by atoms with E-state index >= 15 is 0 Å². The van der Waals surface area contributed by atoms with Crippen LogP contribution in [0.5, 0.6) is 0 Å². The molecule has 1 N–H and O–H groups in total. The van der Waals surface area contributed by atoms with Gasteiger partial charge in [-0.15, -0.1) is 0 Å². The van der Waals surface area contributed by atoms with Gasteiger partial charge in [-0.2, -0.15) is 0 Å². The quantitative estimate of drug-likeness (QED) is 0.813. The zero-order valence-corrected chi connectivity index (χ0v) is 11.8. The van der Waals surface area contributed by atoms with Gasteiger partial charge in [0.25, 0.3) is 0 Å². The van der Waals surface area contributed by atoms with Crippen LogP contribution in [-0.4, -0.2) is 25.8 Å². The van der Waals surface area contributed by atoms with Crippen molar-refractivity contribution in [2.45, 2.75) is 58.9 Å². The van der Waals surface area contributed by atoms with Crippen LogP contribution in [0, 0.1) is 17.3 Å². The second kappa shape index (κ2) is 5.71. The molecule has 0 aromatic carbocycles. The van der Waals surface area contributed by atoms with Crippen molar-refractivity contribution in [2.75, 3.05) is 19.8 Å². The van der Waals surface area contributed by atoms with Crippen LogP contribution in [0.15, 0.2) is 0 Å². The molecule has 0 aromatic rings. The maximum atomic E-state index is 5.58. The Bertz CT molecular complexity index is 223. The summed E-state index contributed by atoms with van der Waals surface area (Å²) in [5.41, 5.74) is 0.583. The van der Waals surface area contributed by atoms with Crippen LogP contribution in [0.2, 0.25) is 0 Å². The minimum atomic E-state index is 0.583. The second-order valence-electron chi connectivity index (χ2n) is 6.71. The summed E-state index contributed by atoms with van der Waals surface area (Å²) in [6.07, 6.45) is 6.86. The molecule has 1 saturated carbocycles. The lowest BCUT2D eigenvalue weighted by Gasteiger charge is -2.40. The number of ether oxygens (including phenoxy) is 1. The van der Waals surface area contributed by atoms with Gasteiger partial charge in [0.05, 0.1) is 6.61 Å². The van der Waals surface area contributed by atoms with E-state index in [0.29, 0.717) is 11.5 Å². The van der Waals surface area contributed by atoms with Crippen molar-refractivity contribution in [1.82, 2.24) is 5.32 Å². The van der Waals surface area contributed by atoms with Gasteiger partial charge >= 0.3 is 0 Å². The maximum absolute atomic E-state index is 5.58. The second-order valence-corrected chi connectivity index (χ2v) is 6.71. The lowest BCUT2D eigenvalue weighted by atomic mass is 9.69. The molecule has 2 nitrogen and oxygen atoms in total. The minimum Gasteiger partial charge on any atom is -0.381 e. The standard InChI is InChI=1S/C15H29NO/c1-4-16-14(13-7-10-17-11-13)12-5-8-15(2,3)9-6-12/h12-14,16H,4-11H2,1-3H3. The molecule has 2 unspecified atom stereocenters. The summed E-state index contributed by atoms with van der Waals surface area (Å²) in [7, 11) is 0. The Hall–Kier alpha value is -0.0800. The van der Waals surface area contributed by atoms with Gasteiger partial charge in [0, 0.05) is 18.6 Å². The average Bonchev–Trinajstić information content (AvgIpc) is 2.80. The summed E-state index contributed by atoms with van der Waals surface area (Å²) in [6, 6.07) is 0.707. The summed E-state index contributed by atoms with van der Waals surface area (Å²) in [6.45, 7) is 10.1. The van der Waals surface area contributed by atoms with Crippen LogP contribution in [0.4, 0.5) is 0 Å². The first-order chi connectivity index (χ1) is 8.12. The maximum Gasteiger partial charge on any atom is 0.0510 e. The summed E-state index contributed by atoms with van der Waals surface area (Å²) in [5.74, 6) is 1.65. The van der Waals surface area contributed by atoms with Crippen LogP contribution >= 0.6 is 0 Å². The highest BCUT2D eigenvalue weighted by Gasteiger charge is 2.35. The van der Waals surface area contributed by atoms with Gasteiger partial charge in [-0.1, -0.05) is 20.8 Å². The van der Waals surface area contributed by atoms with E-state index in [1.807, 2.05) is 0 Å². The molecule has 0 bridgehead atoms. The van der Waals surface area contributed by atoms with E-state index in [0.717, 1.165) is 31.6 Å². The highest BCUT2D eigenvalue weighted by atomic mass is 16.5. The van der Waals surface area contributed by atoms with Crippen molar-refractivity contribution in [3.05, 3.63) is 0 Å². The van der Waals surface area contributed by atoms with Crippen molar-refractivity contribution in [2.24, 2.45) is 17.3 Å². The van der Waals surface area contributed by atoms with E-state index in [4.69, 9.17) is 4.74 Å². The zero-order chi connectivity index (χ0) is 12.3. The van der Waals surface area contributed by atoms with Gasteiger partial charge in [0.2, 0.25) is 0 Å². The molecule has 1 aliphatic heterocycles. The first-order valence-corrected chi connectivity index (χ1v) is 7.43. The van der Waals surface area contributed by atoms with Crippen molar-refractivity contribution in [3.8, 4) is 0 Å². The summed E-state index contributed by atoms with van der Waals surface area (Å²) < 4.78 is 5.58. The smallest absolute Gasteiger partial charge is 0.0510 e. The van der Waals surface area contributed by atoms with Gasteiger partial charge < -0.3 is 10.1 Å². The predicted molar refractivity (Wildman–Crippen MR) is 72.1 cm³/mol. The fourth-order valence-electron chi connectivity index (χ4n) is 3.57. The summed E-state index contributed by atoms with van der Waals surface area (Å²) >= 11 is 0. The van der Waals surface area contributed by atoms with Gasteiger partial charge in [-0.05, 0) is 50.0 Å². The molecule has 0 amide bonds.